The average molecular weight is 505 g/mol. The maximum Gasteiger partial charge on any atom is 0.253 e. The second-order valence-electron chi connectivity index (χ2n) is 11.0. The number of fused-ring (bicyclic) bond motifs is 1. The summed E-state index contributed by atoms with van der Waals surface area (Å²) in [5.74, 6) is 2.21. The number of hydrogen-bond acceptors (Lipinski definition) is 4. The molecule has 200 valence electrons. The molecule has 1 heterocycles. The summed E-state index contributed by atoms with van der Waals surface area (Å²) in [7, 11) is 0. The van der Waals surface area contributed by atoms with Crippen molar-refractivity contribution in [2.75, 3.05) is 19.6 Å². The summed E-state index contributed by atoms with van der Waals surface area (Å²) >= 11 is 0. The SMILES string of the molecule is CC(=O)Cc1ccc(-c2nc3ccc(C(=O)N(CCC(C)C)CCC(C)C)cc3n2CCCCN)cc1. The lowest BCUT2D eigenvalue weighted by atomic mass is 10.1. The van der Waals surface area contributed by atoms with Crippen molar-refractivity contribution >= 4 is 22.7 Å². The maximum atomic E-state index is 13.6. The minimum atomic E-state index is 0.0908. The van der Waals surface area contributed by atoms with E-state index in [1.165, 1.54) is 0 Å². The molecule has 3 rings (SSSR count). The van der Waals surface area contributed by atoms with E-state index in [0.717, 1.165) is 73.3 Å². The van der Waals surface area contributed by atoms with Crippen LogP contribution in [0.4, 0.5) is 0 Å². The molecule has 0 spiro atoms. The average Bonchev–Trinajstić information content (AvgIpc) is 3.21. The van der Waals surface area contributed by atoms with Crippen LogP contribution in [0.25, 0.3) is 22.4 Å². The van der Waals surface area contributed by atoms with Crippen LogP contribution in [0.1, 0.15) is 76.2 Å². The Morgan fingerprint density at radius 1 is 0.946 bits per heavy atom. The highest BCUT2D eigenvalue weighted by Crippen LogP contribution is 2.27. The summed E-state index contributed by atoms with van der Waals surface area (Å²) in [6.07, 6.45) is 4.28. The van der Waals surface area contributed by atoms with Gasteiger partial charge in [0.15, 0.2) is 0 Å². The van der Waals surface area contributed by atoms with Gasteiger partial charge in [0, 0.05) is 37.2 Å². The summed E-state index contributed by atoms with van der Waals surface area (Å²) in [6.45, 7) is 13.4. The van der Waals surface area contributed by atoms with Crippen LogP contribution in [0.3, 0.4) is 0 Å². The fourth-order valence-corrected chi connectivity index (χ4v) is 4.50. The fraction of sp³-hybridized carbons (Fsp3) is 0.516. The highest BCUT2D eigenvalue weighted by Gasteiger charge is 2.20. The third-order valence-corrected chi connectivity index (χ3v) is 6.74. The van der Waals surface area contributed by atoms with Gasteiger partial charge in [0.25, 0.3) is 5.91 Å². The maximum absolute atomic E-state index is 13.6. The number of carbonyl (C=O) groups is 2. The third kappa shape index (κ3) is 8.00. The number of imidazole rings is 1. The van der Waals surface area contributed by atoms with Crippen molar-refractivity contribution in [2.24, 2.45) is 17.6 Å². The molecule has 6 heteroatoms. The van der Waals surface area contributed by atoms with Crippen LogP contribution in [0.2, 0.25) is 0 Å². The smallest absolute Gasteiger partial charge is 0.253 e. The van der Waals surface area contributed by atoms with Gasteiger partial charge in [0.05, 0.1) is 11.0 Å². The first-order valence-electron chi connectivity index (χ1n) is 13.8. The van der Waals surface area contributed by atoms with Gasteiger partial charge in [-0.25, -0.2) is 4.98 Å². The van der Waals surface area contributed by atoms with E-state index in [4.69, 9.17) is 10.7 Å². The van der Waals surface area contributed by atoms with E-state index in [0.29, 0.717) is 30.4 Å². The summed E-state index contributed by atoms with van der Waals surface area (Å²) < 4.78 is 2.22. The zero-order valence-electron chi connectivity index (χ0n) is 23.3. The molecule has 0 saturated carbocycles. The van der Waals surface area contributed by atoms with E-state index in [1.54, 1.807) is 6.92 Å². The second kappa shape index (κ2) is 13.5. The number of nitrogens with two attached hydrogens (primary N) is 1. The molecule has 0 atom stereocenters. The number of aromatic nitrogens is 2. The highest BCUT2D eigenvalue weighted by atomic mass is 16.2. The first-order valence-corrected chi connectivity index (χ1v) is 13.8. The number of Topliss-reactive ketones (excluding diaryl/α,β-unsaturated/α-hetero) is 1. The van der Waals surface area contributed by atoms with Crippen LogP contribution < -0.4 is 5.73 Å². The molecule has 37 heavy (non-hydrogen) atoms. The Morgan fingerprint density at radius 3 is 2.16 bits per heavy atom. The minimum Gasteiger partial charge on any atom is -0.339 e. The van der Waals surface area contributed by atoms with Crippen LogP contribution in [0.15, 0.2) is 42.5 Å². The lowest BCUT2D eigenvalue weighted by Gasteiger charge is -2.24. The third-order valence-electron chi connectivity index (χ3n) is 6.74. The quantitative estimate of drug-likeness (QED) is 0.269. The molecule has 0 unspecified atom stereocenters. The topological polar surface area (TPSA) is 81.2 Å². The molecule has 0 radical (unpaired) electrons. The van der Waals surface area contributed by atoms with Gasteiger partial charge in [-0.1, -0.05) is 52.0 Å². The first kappa shape index (κ1) is 28.6. The number of carbonyl (C=O) groups excluding carboxylic acids is 2. The number of unbranched alkanes of at least 4 members (excludes halogenated alkanes) is 1. The van der Waals surface area contributed by atoms with E-state index in [2.05, 4.69) is 32.3 Å². The Morgan fingerprint density at radius 2 is 1.59 bits per heavy atom. The Labute approximate surface area is 222 Å². The van der Waals surface area contributed by atoms with Crippen LogP contribution in [-0.2, 0) is 17.8 Å². The van der Waals surface area contributed by atoms with Gasteiger partial charge in [-0.3, -0.25) is 9.59 Å². The van der Waals surface area contributed by atoms with Crippen molar-refractivity contribution in [1.29, 1.82) is 0 Å². The molecule has 3 aromatic rings. The molecule has 2 N–H and O–H groups in total. The molecule has 2 aromatic carbocycles. The number of aryl methyl sites for hydroxylation is 1. The Kier molecular flexibility index (Phi) is 10.4. The Bertz CT molecular complexity index is 1170. The number of rotatable bonds is 14. The molecule has 1 amide bonds. The lowest BCUT2D eigenvalue weighted by Crippen LogP contribution is -2.34. The zero-order chi connectivity index (χ0) is 26.9. The summed E-state index contributed by atoms with van der Waals surface area (Å²) in [5, 5.41) is 0. The number of amides is 1. The van der Waals surface area contributed by atoms with Gasteiger partial charge in [-0.15, -0.1) is 0 Å². The van der Waals surface area contributed by atoms with E-state index < -0.39 is 0 Å². The molecule has 1 aromatic heterocycles. The highest BCUT2D eigenvalue weighted by molar-refractivity contribution is 5.98. The van der Waals surface area contributed by atoms with Crippen molar-refractivity contribution in [2.45, 2.75) is 73.3 Å². The summed E-state index contributed by atoms with van der Waals surface area (Å²) in [4.78, 5) is 32.1. The molecule has 0 aliphatic rings. The normalized spacial score (nSPS) is 11.6. The predicted molar refractivity (Wildman–Crippen MR) is 153 cm³/mol. The lowest BCUT2D eigenvalue weighted by molar-refractivity contribution is -0.116. The molecule has 0 bridgehead atoms. The molecule has 0 fully saturated rings. The fourth-order valence-electron chi connectivity index (χ4n) is 4.50. The van der Waals surface area contributed by atoms with Crippen LogP contribution in [0.5, 0.6) is 0 Å². The molecular weight excluding hydrogens is 460 g/mol. The predicted octanol–water partition coefficient (Wildman–Crippen LogP) is 6.11. The van der Waals surface area contributed by atoms with Gasteiger partial charge in [-0.2, -0.15) is 0 Å². The molecule has 0 aliphatic heterocycles. The second-order valence-corrected chi connectivity index (χ2v) is 11.0. The van der Waals surface area contributed by atoms with Crippen molar-refractivity contribution < 1.29 is 9.59 Å². The molecule has 0 aliphatic carbocycles. The van der Waals surface area contributed by atoms with Crippen LogP contribution in [0, 0.1) is 11.8 Å². The first-order chi connectivity index (χ1) is 17.7. The van der Waals surface area contributed by atoms with Crippen LogP contribution >= 0.6 is 0 Å². The molecule has 0 saturated heterocycles. The van der Waals surface area contributed by atoms with E-state index in [-0.39, 0.29) is 11.7 Å². The van der Waals surface area contributed by atoms with Gasteiger partial charge in [-0.05, 0) is 74.8 Å². The van der Waals surface area contributed by atoms with Crippen molar-refractivity contribution in [3.05, 3.63) is 53.6 Å². The van der Waals surface area contributed by atoms with E-state index in [1.807, 2.05) is 47.4 Å². The van der Waals surface area contributed by atoms with Gasteiger partial charge >= 0.3 is 0 Å². The number of nitrogens with zero attached hydrogens (tertiary/aromatic N) is 3. The van der Waals surface area contributed by atoms with E-state index >= 15 is 0 Å². The summed E-state index contributed by atoms with van der Waals surface area (Å²) in [6, 6.07) is 14.0. The van der Waals surface area contributed by atoms with Crippen molar-refractivity contribution in [3.63, 3.8) is 0 Å². The number of benzene rings is 2. The van der Waals surface area contributed by atoms with Crippen LogP contribution in [-0.4, -0.2) is 45.8 Å². The van der Waals surface area contributed by atoms with Gasteiger partial charge < -0.3 is 15.2 Å². The van der Waals surface area contributed by atoms with E-state index in [9.17, 15) is 9.59 Å². The zero-order valence-corrected chi connectivity index (χ0v) is 23.3. The van der Waals surface area contributed by atoms with Crippen molar-refractivity contribution in [1.82, 2.24) is 14.5 Å². The largest absolute Gasteiger partial charge is 0.339 e. The molecular formula is C31H44N4O2. The van der Waals surface area contributed by atoms with Crippen molar-refractivity contribution in [3.8, 4) is 11.4 Å². The monoisotopic (exact) mass is 504 g/mol. The Hall–Kier alpha value is -2.99. The number of ketones is 1. The number of hydrogen-bond donors (Lipinski definition) is 1. The summed E-state index contributed by atoms with van der Waals surface area (Å²) in [5.41, 5.74) is 10.3. The minimum absolute atomic E-state index is 0.0908. The van der Waals surface area contributed by atoms with Gasteiger partial charge in [0.1, 0.15) is 11.6 Å². The molecule has 6 nitrogen and oxygen atoms in total. The van der Waals surface area contributed by atoms with Gasteiger partial charge in [0.2, 0.25) is 0 Å². The standard InChI is InChI=1S/C31H44N4O2/c1-22(2)14-18-34(19-15-23(3)4)31(37)27-12-13-28-29(21-27)35(17-7-6-16-32)30(33-28)26-10-8-25(9-11-26)20-24(5)36/h8-13,21-23H,6-7,14-20,32H2,1-5H3. The Balaban J connectivity index is 1.98.